The highest BCUT2D eigenvalue weighted by Crippen LogP contribution is 2.24. The van der Waals surface area contributed by atoms with E-state index in [0.717, 1.165) is 70.6 Å². The predicted octanol–water partition coefficient (Wildman–Crippen LogP) is 2.79. The lowest BCUT2D eigenvalue weighted by molar-refractivity contribution is 0.0420. The van der Waals surface area contributed by atoms with Crippen LogP contribution in [0.1, 0.15) is 43.9 Å². The van der Waals surface area contributed by atoms with Crippen molar-refractivity contribution in [3.63, 3.8) is 0 Å². The van der Waals surface area contributed by atoms with E-state index in [1.54, 1.807) is 6.26 Å². The molecule has 160 valence electrons. The molecular weight excluding hydrogens is 471 g/mol. The Hall–Kier alpha value is -0.840. The van der Waals surface area contributed by atoms with E-state index in [1.807, 2.05) is 13.1 Å². The maximum atomic E-state index is 5.80. The fourth-order valence-corrected chi connectivity index (χ4v) is 3.71. The molecule has 2 fully saturated rings. The fourth-order valence-electron chi connectivity index (χ4n) is 3.71. The molecule has 0 aliphatic carbocycles. The van der Waals surface area contributed by atoms with Gasteiger partial charge in [-0.2, -0.15) is 0 Å². The standard InChI is InChI=1S/C20H34N4O3.HI/c1-21-20(22-9-6-13-26-17-8-14-25-16-17)23-15-18(19-7-5-12-27-19)24-10-3-2-4-11-24;/h5,7,12,17-18H,2-4,6,8-11,13-16H2,1H3,(H2,21,22,23);1H. The first-order valence-corrected chi connectivity index (χ1v) is 10.3. The average molecular weight is 506 g/mol. The molecule has 2 saturated heterocycles. The lowest BCUT2D eigenvalue weighted by Crippen LogP contribution is -2.44. The highest BCUT2D eigenvalue weighted by molar-refractivity contribution is 14.0. The number of nitrogens with zero attached hydrogens (tertiary/aromatic N) is 2. The van der Waals surface area contributed by atoms with Crippen LogP contribution in [-0.4, -0.2) is 70.0 Å². The number of halogens is 1. The number of furan rings is 1. The number of likely N-dealkylation sites (tertiary alicyclic amines) is 1. The van der Waals surface area contributed by atoms with Crippen molar-refractivity contribution in [3.8, 4) is 0 Å². The van der Waals surface area contributed by atoms with E-state index in [4.69, 9.17) is 13.9 Å². The molecule has 2 aliphatic rings. The number of nitrogens with one attached hydrogen (secondary N) is 2. The Labute approximate surface area is 185 Å². The van der Waals surface area contributed by atoms with Gasteiger partial charge in [0.15, 0.2) is 5.96 Å². The minimum absolute atomic E-state index is 0. The van der Waals surface area contributed by atoms with Crippen LogP contribution in [0.25, 0.3) is 0 Å². The first-order valence-electron chi connectivity index (χ1n) is 10.3. The van der Waals surface area contributed by atoms with Gasteiger partial charge >= 0.3 is 0 Å². The molecule has 0 amide bonds. The first kappa shape index (κ1) is 23.4. The van der Waals surface area contributed by atoms with Crippen molar-refractivity contribution < 1.29 is 13.9 Å². The second kappa shape index (κ2) is 13.4. The van der Waals surface area contributed by atoms with Gasteiger partial charge in [0.25, 0.3) is 0 Å². The molecule has 7 nitrogen and oxygen atoms in total. The third-order valence-electron chi connectivity index (χ3n) is 5.24. The van der Waals surface area contributed by atoms with Crippen molar-refractivity contribution in [1.29, 1.82) is 0 Å². The largest absolute Gasteiger partial charge is 0.468 e. The highest BCUT2D eigenvalue weighted by Gasteiger charge is 2.24. The summed E-state index contributed by atoms with van der Waals surface area (Å²) in [6.45, 7) is 6.18. The normalized spacial score (nSPS) is 21.9. The maximum absolute atomic E-state index is 5.80. The smallest absolute Gasteiger partial charge is 0.191 e. The lowest BCUT2D eigenvalue weighted by atomic mass is 10.1. The van der Waals surface area contributed by atoms with Gasteiger partial charge < -0.3 is 24.5 Å². The van der Waals surface area contributed by atoms with Crippen LogP contribution in [0, 0.1) is 0 Å². The number of rotatable bonds is 9. The first-order chi connectivity index (χ1) is 13.4. The summed E-state index contributed by atoms with van der Waals surface area (Å²) in [6, 6.07) is 4.28. The number of piperidine rings is 1. The zero-order valence-electron chi connectivity index (χ0n) is 16.9. The average Bonchev–Trinajstić information content (AvgIpc) is 3.41. The molecule has 2 atom stereocenters. The van der Waals surface area contributed by atoms with Gasteiger partial charge in [0, 0.05) is 33.4 Å². The van der Waals surface area contributed by atoms with Crippen LogP contribution in [0.2, 0.25) is 0 Å². The van der Waals surface area contributed by atoms with Gasteiger partial charge in [-0.15, -0.1) is 24.0 Å². The van der Waals surface area contributed by atoms with E-state index < -0.39 is 0 Å². The summed E-state index contributed by atoms with van der Waals surface area (Å²) in [5.41, 5.74) is 0. The zero-order valence-corrected chi connectivity index (χ0v) is 19.2. The summed E-state index contributed by atoms with van der Waals surface area (Å²) in [5, 5.41) is 6.84. The Balaban J connectivity index is 0.00000280. The number of hydrogen-bond acceptors (Lipinski definition) is 5. The number of ether oxygens (including phenoxy) is 2. The van der Waals surface area contributed by atoms with Gasteiger partial charge in [-0.3, -0.25) is 9.89 Å². The van der Waals surface area contributed by atoms with Gasteiger partial charge in [-0.05, 0) is 50.9 Å². The molecule has 2 aliphatic heterocycles. The van der Waals surface area contributed by atoms with Crippen molar-refractivity contribution in [2.24, 2.45) is 4.99 Å². The number of aliphatic imine (C=N–C) groups is 1. The number of guanidine groups is 1. The molecule has 0 saturated carbocycles. The molecule has 2 N–H and O–H groups in total. The molecule has 3 heterocycles. The minimum atomic E-state index is 0. The third-order valence-corrected chi connectivity index (χ3v) is 5.24. The van der Waals surface area contributed by atoms with Crippen molar-refractivity contribution in [2.45, 2.75) is 44.2 Å². The van der Waals surface area contributed by atoms with Crippen LogP contribution >= 0.6 is 24.0 Å². The van der Waals surface area contributed by atoms with E-state index >= 15 is 0 Å². The topological polar surface area (TPSA) is 71.3 Å². The summed E-state index contributed by atoms with van der Waals surface area (Å²) in [6.07, 6.45) is 7.85. The van der Waals surface area contributed by atoms with E-state index in [2.05, 4.69) is 26.6 Å². The van der Waals surface area contributed by atoms with Crippen molar-refractivity contribution in [1.82, 2.24) is 15.5 Å². The molecule has 2 unspecified atom stereocenters. The van der Waals surface area contributed by atoms with Gasteiger partial charge in [-0.1, -0.05) is 6.42 Å². The quantitative estimate of drug-likeness (QED) is 0.232. The van der Waals surface area contributed by atoms with Crippen LogP contribution in [0.15, 0.2) is 27.8 Å². The summed E-state index contributed by atoms with van der Waals surface area (Å²) >= 11 is 0. The van der Waals surface area contributed by atoms with Crippen LogP contribution < -0.4 is 10.6 Å². The van der Waals surface area contributed by atoms with E-state index in [9.17, 15) is 0 Å². The Kier molecular flexibility index (Phi) is 11.2. The SMILES string of the molecule is CN=C(NCCCOC1CCOC1)NCC(c1ccco1)N1CCCCC1.I. The van der Waals surface area contributed by atoms with Gasteiger partial charge in [0.2, 0.25) is 0 Å². The summed E-state index contributed by atoms with van der Waals surface area (Å²) in [7, 11) is 1.81. The molecule has 1 aromatic rings. The number of hydrogen-bond donors (Lipinski definition) is 2. The summed E-state index contributed by atoms with van der Waals surface area (Å²) in [4.78, 5) is 6.86. The molecular formula is C20H35IN4O3. The van der Waals surface area contributed by atoms with Crippen LogP contribution in [0.5, 0.6) is 0 Å². The van der Waals surface area contributed by atoms with E-state index in [0.29, 0.717) is 0 Å². The maximum Gasteiger partial charge on any atom is 0.191 e. The molecule has 0 aromatic carbocycles. The van der Waals surface area contributed by atoms with Crippen LogP contribution in [-0.2, 0) is 9.47 Å². The van der Waals surface area contributed by atoms with Gasteiger partial charge in [0.1, 0.15) is 5.76 Å². The van der Waals surface area contributed by atoms with Crippen molar-refractivity contribution in [2.75, 3.05) is 53.0 Å². The lowest BCUT2D eigenvalue weighted by Gasteiger charge is -2.33. The van der Waals surface area contributed by atoms with Gasteiger partial charge in [0.05, 0.1) is 25.0 Å². The van der Waals surface area contributed by atoms with Crippen molar-refractivity contribution in [3.05, 3.63) is 24.2 Å². The predicted molar refractivity (Wildman–Crippen MR) is 121 cm³/mol. The van der Waals surface area contributed by atoms with E-state index in [-0.39, 0.29) is 36.1 Å². The molecule has 3 rings (SSSR count). The third kappa shape index (κ3) is 7.53. The Bertz CT molecular complexity index is 544. The van der Waals surface area contributed by atoms with Gasteiger partial charge in [-0.25, -0.2) is 0 Å². The second-order valence-electron chi connectivity index (χ2n) is 7.22. The van der Waals surface area contributed by atoms with Crippen LogP contribution in [0.4, 0.5) is 0 Å². The molecule has 1 aromatic heterocycles. The van der Waals surface area contributed by atoms with E-state index in [1.165, 1.54) is 19.3 Å². The highest BCUT2D eigenvalue weighted by atomic mass is 127. The molecule has 0 spiro atoms. The molecule has 0 bridgehead atoms. The molecule has 8 heteroatoms. The Morgan fingerprint density at radius 1 is 1.32 bits per heavy atom. The van der Waals surface area contributed by atoms with Crippen LogP contribution in [0.3, 0.4) is 0 Å². The monoisotopic (exact) mass is 506 g/mol. The summed E-state index contributed by atoms with van der Waals surface area (Å²) in [5.74, 6) is 1.85. The summed E-state index contributed by atoms with van der Waals surface area (Å²) < 4.78 is 16.8. The fraction of sp³-hybridized carbons (Fsp3) is 0.750. The zero-order chi connectivity index (χ0) is 18.7. The molecule has 28 heavy (non-hydrogen) atoms. The second-order valence-corrected chi connectivity index (χ2v) is 7.22. The Morgan fingerprint density at radius 2 is 2.18 bits per heavy atom. The minimum Gasteiger partial charge on any atom is -0.468 e. The molecule has 0 radical (unpaired) electrons. The van der Waals surface area contributed by atoms with Crippen molar-refractivity contribution >= 4 is 29.9 Å². The Morgan fingerprint density at radius 3 is 2.86 bits per heavy atom.